The van der Waals surface area contributed by atoms with Crippen molar-refractivity contribution < 1.29 is 14.3 Å². The molecule has 3 heterocycles. The van der Waals surface area contributed by atoms with E-state index in [2.05, 4.69) is 11.0 Å². The van der Waals surface area contributed by atoms with Gasteiger partial charge in [-0.3, -0.25) is 9.80 Å². The van der Waals surface area contributed by atoms with Crippen molar-refractivity contribution in [1.82, 2.24) is 19.8 Å². The Labute approximate surface area is 199 Å². The summed E-state index contributed by atoms with van der Waals surface area (Å²) in [5, 5.41) is 0.887. The number of morpholine rings is 1. The highest BCUT2D eigenvalue weighted by Crippen LogP contribution is 2.36. The van der Waals surface area contributed by atoms with Crippen LogP contribution in [-0.2, 0) is 17.8 Å². The summed E-state index contributed by atoms with van der Waals surface area (Å²) in [4.78, 5) is 29.1. The Morgan fingerprint density at radius 3 is 2.65 bits per heavy atom. The molecule has 1 aromatic heterocycles. The van der Waals surface area contributed by atoms with Crippen molar-refractivity contribution in [3.63, 3.8) is 0 Å². The van der Waals surface area contributed by atoms with Gasteiger partial charge in [-0.05, 0) is 36.6 Å². The van der Waals surface area contributed by atoms with Crippen molar-refractivity contribution in [2.45, 2.75) is 32.0 Å². The fraction of sp³-hybridized carbons (Fsp3) is 0.423. The number of carbonyl (C=O) groups excluding carboxylic acids is 1. The van der Waals surface area contributed by atoms with E-state index in [9.17, 15) is 4.79 Å². The third kappa shape index (κ3) is 4.31. The van der Waals surface area contributed by atoms with Gasteiger partial charge in [0.15, 0.2) is 5.82 Å². The summed E-state index contributed by atoms with van der Waals surface area (Å²) in [5.41, 5.74) is 2.93. The largest absolute Gasteiger partial charge is 0.476 e. The van der Waals surface area contributed by atoms with E-state index in [1.165, 1.54) is 0 Å². The molecule has 3 aromatic rings. The standard InChI is InChI=1S/C26H29N5O3/c32-26-30(20-9-10-20)17-19-5-1-4-8-23(19)31(26)18-24-27-22-7-3-2-6-21(22)25(28-24)34-16-13-29-11-14-33-15-12-29/h1-8,20H,9-18H2. The number of ether oxygens (including phenoxy) is 2. The number of para-hydroxylation sites is 2. The quantitative estimate of drug-likeness (QED) is 0.539. The lowest BCUT2D eigenvalue weighted by Gasteiger charge is -2.37. The summed E-state index contributed by atoms with van der Waals surface area (Å²) in [6, 6.07) is 16.4. The van der Waals surface area contributed by atoms with Gasteiger partial charge in [-0.2, -0.15) is 4.98 Å². The summed E-state index contributed by atoms with van der Waals surface area (Å²) in [5.74, 6) is 1.16. The van der Waals surface area contributed by atoms with Gasteiger partial charge in [-0.25, -0.2) is 9.78 Å². The predicted octanol–water partition coefficient (Wildman–Crippen LogP) is 3.45. The van der Waals surface area contributed by atoms with E-state index >= 15 is 0 Å². The number of urea groups is 1. The molecule has 0 spiro atoms. The molecule has 0 radical (unpaired) electrons. The van der Waals surface area contributed by atoms with E-state index in [0.717, 1.165) is 67.8 Å². The van der Waals surface area contributed by atoms with E-state index in [0.29, 0.717) is 37.4 Å². The SMILES string of the molecule is O=C1N(Cc2nc(OCCN3CCOCC3)c3ccccc3n2)c2ccccc2CN1C1CC1. The third-order valence-electron chi connectivity index (χ3n) is 6.75. The maximum Gasteiger partial charge on any atom is 0.325 e. The summed E-state index contributed by atoms with van der Waals surface area (Å²) in [6.07, 6.45) is 2.16. The number of anilines is 1. The van der Waals surface area contributed by atoms with Crippen LogP contribution in [-0.4, -0.2) is 71.3 Å². The molecule has 1 saturated carbocycles. The Morgan fingerprint density at radius 2 is 1.79 bits per heavy atom. The molecule has 3 aliphatic rings. The third-order valence-corrected chi connectivity index (χ3v) is 6.75. The first-order valence-electron chi connectivity index (χ1n) is 12.1. The molecule has 0 atom stereocenters. The highest BCUT2D eigenvalue weighted by atomic mass is 16.5. The van der Waals surface area contributed by atoms with Gasteiger partial charge in [0.2, 0.25) is 5.88 Å². The molecule has 34 heavy (non-hydrogen) atoms. The summed E-state index contributed by atoms with van der Waals surface area (Å²) < 4.78 is 11.6. The van der Waals surface area contributed by atoms with Crippen LogP contribution in [0, 0.1) is 0 Å². The van der Waals surface area contributed by atoms with Gasteiger partial charge in [0.05, 0.1) is 36.3 Å². The number of hydrogen-bond acceptors (Lipinski definition) is 6. The first-order chi connectivity index (χ1) is 16.8. The Balaban J connectivity index is 1.27. The Hall–Kier alpha value is -3.23. The average Bonchev–Trinajstić information content (AvgIpc) is 3.72. The number of fused-ring (bicyclic) bond motifs is 2. The molecule has 0 N–H and O–H groups in total. The molecule has 0 unspecified atom stereocenters. The van der Waals surface area contributed by atoms with Crippen molar-refractivity contribution in [3.8, 4) is 5.88 Å². The number of carbonyl (C=O) groups is 1. The van der Waals surface area contributed by atoms with Gasteiger partial charge in [0.1, 0.15) is 6.61 Å². The first-order valence-corrected chi connectivity index (χ1v) is 12.1. The lowest BCUT2D eigenvalue weighted by atomic mass is 10.1. The van der Waals surface area contributed by atoms with Crippen molar-refractivity contribution in [2.24, 2.45) is 0 Å². The van der Waals surface area contributed by atoms with Crippen molar-refractivity contribution in [3.05, 3.63) is 59.9 Å². The second-order valence-electron chi connectivity index (χ2n) is 9.12. The zero-order valence-electron chi connectivity index (χ0n) is 19.2. The van der Waals surface area contributed by atoms with E-state index in [1.807, 2.05) is 52.3 Å². The molecule has 8 heteroatoms. The van der Waals surface area contributed by atoms with Gasteiger partial charge in [0, 0.05) is 32.2 Å². The second kappa shape index (κ2) is 9.19. The maximum absolute atomic E-state index is 13.4. The van der Waals surface area contributed by atoms with Gasteiger partial charge in [-0.1, -0.05) is 30.3 Å². The molecule has 2 aromatic carbocycles. The molecule has 2 fully saturated rings. The average molecular weight is 460 g/mol. The smallest absolute Gasteiger partial charge is 0.325 e. The minimum absolute atomic E-state index is 0.0349. The van der Waals surface area contributed by atoms with Crippen molar-refractivity contribution in [1.29, 1.82) is 0 Å². The molecule has 8 nitrogen and oxygen atoms in total. The van der Waals surface area contributed by atoms with E-state index in [4.69, 9.17) is 19.4 Å². The highest BCUT2D eigenvalue weighted by Gasteiger charge is 2.39. The van der Waals surface area contributed by atoms with Gasteiger partial charge >= 0.3 is 6.03 Å². The molecule has 1 saturated heterocycles. The normalized spacial score (nSPS) is 18.9. The molecule has 6 rings (SSSR count). The van der Waals surface area contributed by atoms with E-state index in [-0.39, 0.29) is 6.03 Å². The van der Waals surface area contributed by atoms with E-state index in [1.54, 1.807) is 0 Å². The molecular formula is C26H29N5O3. The lowest BCUT2D eigenvalue weighted by molar-refractivity contribution is 0.0321. The maximum atomic E-state index is 13.4. The zero-order valence-corrected chi connectivity index (χ0v) is 19.2. The lowest BCUT2D eigenvalue weighted by Crippen LogP contribution is -2.47. The highest BCUT2D eigenvalue weighted by molar-refractivity contribution is 5.95. The van der Waals surface area contributed by atoms with Gasteiger partial charge in [0.25, 0.3) is 0 Å². The number of aromatic nitrogens is 2. The van der Waals surface area contributed by atoms with Crippen LogP contribution in [0.3, 0.4) is 0 Å². The molecule has 0 bridgehead atoms. The van der Waals surface area contributed by atoms with Crippen LogP contribution in [0.2, 0.25) is 0 Å². The van der Waals surface area contributed by atoms with Crippen molar-refractivity contribution >= 4 is 22.6 Å². The monoisotopic (exact) mass is 459 g/mol. The number of nitrogens with zero attached hydrogens (tertiary/aromatic N) is 5. The van der Waals surface area contributed by atoms with Crippen LogP contribution in [0.4, 0.5) is 10.5 Å². The first kappa shape index (κ1) is 21.3. The second-order valence-corrected chi connectivity index (χ2v) is 9.12. The van der Waals surface area contributed by atoms with Crippen LogP contribution in [0.15, 0.2) is 48.5 Å². The van der Waals surface area contributed by atoms with Gasteiger partial charge < -0.3 is 14.4 Å². The predicted molar refractivity (Wildman–Crippen MR) is 129 cm³/mol. The molecular weight excluding hydrogens is 430 g/mol. The van der Waals surface area contributed by atoms with Crippen LogP contribution in [0.5, 0.6) is 5.88 Å². The van der Waals surface area contributed by atoms with Crippen LogP contribution < -0.4 is 9.64 Å². The number of benzene rings is 2. The van der Waals surface area contributed by atoms with E-state index < -0.39 is 0 Å². The molecule has 2 aliphatic heterocycles. The minimum Gasteiger partial charge on any atom is -0.476 e. The molecule has 1 aliphatic carbocycles. The molecule has 2 amide bonds. The Morgan fingerprint density at radius 1 is 1.00 bits per heavy atom. The number of rotatable bonds is 7. The fourth-order valence-electron chi connectivity index (χ4n) is 4.75. The Kier molecular flexibility index (Phi) is 5.76. The Bertz CT molecular complexity index is 1190. The number of amides is 2. The zero-order chi connectivity index (χ0) is 22.9. The molecule has 176 valence electrons. The summed E-state index contributed by atoms with van der Waals surface area (Å²) in [7, 11) is 0. The minimum atomic E-state index is 0.0349. The topological polar surface area (TPSA) is 71.0 Å². The fourth-order valence-corrected chi connectivity index (χ4v) is 4.75. The van der Waals surface area contributed by atoms with Crippen LogP contribution in [0.25, 0.3) is 10.9 Å². The number of hydrogen-bond donors (Lipinski definition) is 0. The summed E-state index contributed by atoms with van der Waals surface area (Å²) in [6.45, 7) is 5.73. The van der Waals surface area contributed by atoms with Crippen LogP contribution in [0.1, 0.15) is 24.2 Å². The van der Waals surface area contributed by atoms with Gasteiger partial charge in [-0.15, -0.1) is 0 Å². The summed E-state index contributed by atoms with van der Waals surface area (Å²) >= 11 is 0. The van der Waals surface area contributed by atoms with Crippen molar-refractivity contribution in [2.75, 3.05) is 44.4 Å². The van der Waals surface area contributed by atoms with Crippen LogP contribution >= 0.6 is 0 Å².